The number of aromatic nitrogens is 1. The molecule has 1 heterocycles. The molecule has 100 valence electrons. The molecule has 2 aromatic rings. The standard InChI is InChI=1S/C12H6ClF4NO/c13-7-2-1-6(5-8(7)14)9-3-4-10(18-9)11(19)12(15,16)17/h1-5,18H. The van der Waals surface area contributed by atoms with Gasteiger partial charge in [-0.05, 0) is 24.3 Å². The van der Waals surface area contributed by atoms with Crippen molar-refractivity contribution in [3.63, 3.8) is 0 Å². The van der Waals surface area contributed by atoms with Crippen LogP contribution in [0.25, 0.3) is 11.3 Å². The van der Waals surface area contributed by atoms with E-state index >= 15 is 0 Å². The van der Waals surface area contributed by atoms with E-state index in [4.69, 9.17) is 11.6 Å². The first-order valence-electron chi connectivity index (χ1n) is 5.05. The zero-order valence-electron chi connectivity index (χ0n) is 9.18. The molecule has 0 radical (unpaired) electrons. The van der Waals surface area contributed by atoms with Crippen LogP contribution in [0.15, 0.2) is 30.3 Å². The molecule has 7 heteroatoms. The average Bonchev–Trinajstić information content (AvgIpc) is 2.79. The van der Waals surface area contributed by atoms with Gasteiger partial charge < -0.3 is 4.98 Å². The Morgan fingerprint density at radius 1 is 1.16 bits per heavy atom. The van der Waals surface area contributed by atoms with Crippen molar-refractivity contribution in [2.75, 3.05) is 0 Å². The summed E-state index contributed by atoms with van der Waals surface area (Å²) in [5, 5.41) is -0.0955. The number of hydrogen-bond acceptors (Lipinski definition) is 1. The van der Waals surface area contributed by atoms with Crippen LogP contribution in [0.3, 0.4) is 0 Å². The highest BCUT2D eigenvalue weighted by atomic mass is 35.5. The summed E-state index contributed by atoms with van der Waals surface area (Å²) in [6.07, 6.45) is -4.95. The number of rotatable bonds is 2. The topological polar surface area (TPSA) is 32.9 Å². The first kappa shape index (κ1) is 13.6. The molecule has 1 N–H and O–H groups in total. The van der Waals surface area contributed by atoms with Crippen LogP contribution < -0.4 is 0 Å². The van der Waals surface area contributed by atoms with Crippen molar-refractivity contribution in [2.24, 2.45) is 0 Å². The summed E-state index contributed by atoms with van der Waals surface area (Å²) in [6.45, 7) is 0. The van der Waals surface area contributed by atoms with Crippen molar-refractivity contribution in [2.45, 2.75) is 6.18 Å². The van der Waals surface area contributed by atoms with Gasteiger partial charge in [-0.25, -0.2) is 4.39 Å². The third-order valence-electron chi connectivity index (χ3n) is 2.42. The minimum atomic E-state index is -4.95. The van der Waals surface area contributed by atoms with E-state index in [0.717, 1.165) is 12.1 Å². The normalized spacial score (nSPS) is 11.6. The Labute approximate surface area is 110 Å². The third kappa shape index (κ3) is 2.78. The second-order valence-electron chi connectivity index (χ2n) is 3.74. The first-order valence-corrected chi connectivity index (χ1v) is 5.43. The van der Waals surface area contributed by atoms with E-state index in [1.165, 1.54) is 18.2 Å². The molecule has 2 rings (SSSR count). The molecule has 0 aliphatic heterocycles. The minimum absolute atomic E-state index is 0.0955. The smallest absolute Gasteiger partial charge is 0.352 e. The van der Waals surface area contributed by atoms with E-state index in [1.54, 1.807) is 0 Å². The highest BCUT2D eigenvalue weighted by Crippen LogP contribution is 2.26. The Kier molecular flexibility index (Phi) is 3.36. The quantitative estimate of drug-likeness (QED) is 0.652. The van der Waals surface area contributed by atoms with Gasteiger partial charge >= 0.3 is 6.18 Å². The van der Waals surface area contributed by atoms with Gasteiger partial charge in [0.15, 0.2) is 0 Å². The lowest BCUT2D eigenvalue weighted by Gasteiger charge is -2.03. The van der Waals surface area contributed by atoms with Crippen molar-refractivity contribution < 1.29 is 22.4 Å². The number of Topliss-reactive ketones (excluding diaryl/α,β-unsaturated/α-hetero) is 1. The summed E-state index contributed by atoms with van der Waals surface area (Å²) < 4.78 is 49.9. The lowest BCUT2D eigenvalue weighted by molar-refractivity contribution is -0.0887. The fourth-order valence-electron chi connectivity index (χ4n) is 1.51. The zero-order chi connectivity index (χ0) is 14.2. The fraction of sp³-hybridized carbons (Fsp3) is 0.0833. The van der Waals surface area contributed by atoms with Crippen molar-refractivity contribution in [1.29, 1.82) is 0 Å². The van der Waals surface area contributed by atoms with E-state index in [1.807, 2.05) is 0 Å². The minimum Gasteiger partial charge on any atom is -0.352 e. The summed E-state index contributed by atoms with van der Waals surface area (Å²) in [4.78, 5) is 13.3. The Balaban J connectivity index is 2.36. The predicted octanol–water partition coefficient (Wildman–Crippen LogP) is 4.22. The largest absolute Gasteiger partial charge is 0.456 e. The monoisotopic (exact) mass is 291 g/mol. The molecule has 0 amide bonds. The van der Waals surface area contributed by atoms with Crippen LogP contribution in [0.5, 0.6) is 0 Å². The Hall–Kier alpha value is -1.82. The molecule has 0 spiro atoms. The van der Waals surface area contributed by atoms with Gasteiger partial charge in [-0.1, -0.05) is 17.7 Å². The van der Waals surface area contributed by atoms with Gasteiger partial charge in [0.05, 0.1) is 10.7 Å². The molecule has 0 aliphatic rings. The third-order valence-corrected chi connectivity index (χ3v) is 2.73. The number of benzene rings is 1. The zero-order valence-corrected chi connectivity index (χ0v) is 9.94. The van der Waals surface area contributed by atoms with Crippen molar-refractivity contribution in [3.8, 4) is 11.3 Å². The predicted molar refractivity (Wildman–Crippen MR) is 61.6 cm³/mol. The van der Waals surface area contributed by atoms with Gasteiger partial charge in [0.1, 0.15) is 5.82 Å². The maximum Gasteiger partial charge on any atom is 0.456 e. The molecular weight excluding hydrogens is 286 g/mol. The molecule has 0 bridgehead atoms. The van der Waals surface area contributed by atoms with Gasteiger partial charge in [0.2, 0.25) is 0 Å². The molecule has 0 atom stereocenters. The van der Waals surface area contributed by atoms with Crippen LogP contribution in [-0.4, -0.2) is 16.9 Å². The molecule has 2 nitrogen and oxygen atoms in total. The highest BCUT2D eigenvalue weighted by Gasteiger charge is 2.40. The van der Waals surface area contributed by atoms with Crippen LogP contribution in [0.2, 0.25) is 5.02 Å². The molecule has 0 unspecified atom stereocenters. The maximum absolute atomic E-state index is 13.2. The number of ketones is 1. The van der Waals surface area contributed by atoms with Crippen LogP contribution >= 0.6 is 11.6 Å². The van der Waals surface area contributed by atoms with Crippen molar-refractivity contribution >= 4 is 17.4 Å². The van der Waals surface area contributed by atoms with E-state index in [9.17, 15) is 22.4 Å². The summed E-state index contributed by atoms with van der Waals surface area (Å²) in [5.74, 6) is -2.68. The van der Waals surface area contributed by atoms with Gasteiger partial charge in [-0.3, -0.25) is 4.79 Å². The number of nitrogens with one attached hydrogen (secondary N) is 1. The van der Waals surface area contributed by atoms with Gasteiger partial charge in [0, 0.05) is 11.3 Å². The molecule has 1 aromatic heterocycles. The second kappa shape index (κ2) is 4.70. The highest BCUT2D eigenvalue weighted by molar-refractivity contribution is 6.30. The number of carbonyl (C=O) groups is 1. The van der Waals surface area contributed by atoms with Crippen LogP contribution in [-0.2, 0) is 0 Å². The summed E-state index contributed by atoms with van der Waals surface area (Å²) in [7, 11) is 0. The SMILES string of the molecule is O=C(c1ccc(-c2ccc(Cl)c(F)c2)[nH]1)C(F)(F)F. The molecular formula is C12H6ClF4NO. The van der Waals surface area contributed by atoms with E-state index in [-0.39, 0.29) is 10.7 Å². The van der Waals surface area contributed by atoms with Crippen LogP contribution in [0.1, 0.15) is 10.5 Å². The molecule has 1 aromatic carbocycles. The van der Waals surface area contributed by atoms with Crippen LogP contribution in [0, 0.1) is 5.82 Å². The molecule has 0 fully saturated rings. The lowest BCUT2D eigenvalue weighted by atomic mass is 10.1. The van der Waals surface area contributed by atoms with Gasteiger partial charge in [-0.2, -0.15) is 13.2 Å². The number of halogens is 5. The number of carbonyl (C=O) groups excluding carboxylic acids is 1. The Bertz CT molecular complexity index is 633. The second-order valence-corrected chi connectivity index (χ2v) is 4.15. The van der Waals surface area contributed by atoms with E-state index in [0.29, 0.717) is 5.56 Å². The number of hydrogen-bond donors (Lipinski definition) is 1. The number of aromatic amines is 1. The van der Waals surface area contributed by atoms with E-state index < -0.39 is 23.5 Å². The maximum atomic E-state index is 13.2. The molecule has 0 saturated heterocycles. The average molecular weight is 292 g/mol. The summed E-state index contributed by atoms with van der Waals surface area (Å²) in [6, 6.07) is 6.03. The lowest BCUT2D eigenvalue weighted by Crippen LogP contribution is -2.22. The fourth-order valence-corrected chi connectivity index (χ4v) is 1.63. The van der Waals surface area contributed by atoms with Gasteiger partial charge in [0.25, 0.3) is 5.78 Å². The number of alkyl halides is 3. The summed E-state index contributed by atoms with van der Waals surface area (Å²) >= 11 is 5.50. The molecule has 0 aliphatic carbocycles. The van der Waals surface area contributed by atoms with Crippen LogP contribution in [0.4, 0.5) is 17.6 Å². The van der Waals surface area contributed by atoms with Crippen molar-refractivity contribution in [3.05, 3.63) is 46.9 Å². The Morgan fingerprint density at radius 2 is 1.84 bits per heavy atom. The van der Waals surface area contributed by atoms with Gasteiger partial charge in [-0.15, -0.1) is 0 Å². The Morgan fingerprint density at radius 3 is 2.42 bits per heavy atom. The summed E-state index contributed by atoms with van der Waals surface area (Å²) in [5.41, 5.74) is -0.107. The van der Waals surface area contributed by atoms with Crippen molar-refractivity contribution in [1.82, 2.24) is 4.98 Å². The molecule has 0 saturated carbocycles. The first-order chi connectivity index (χ1) is 8.79. The number of H-pyrrole nitrogens is 1. The molecule has 19 heavy (non-hydrogen) atoms. The van der Waals surface area contributed by atoms with E-state index in [2.05, 4.69) is 4.98 Å².